The number of unbranched alkanes of at least 4 members (excludes halogenated alkanes) is 3. The van der Waals surface area contributed by atoms with Gasteiger partial charge in [0.25, 0.3) is 0 Å². The van der Waals surface area contributed by atoms with Crippen LogP contribution in [-0.4, -0.2) is 0 Å². The van der Waals surface area contributed by atoms with Crippen molar-refractivity contribution in [2.45, 2.75) is 39.5 Å². The molecule has 0 atom stereocenters. The Labute approximate surface area is 128 Å². The lowest BCUT2D eigenvalue weighted by atomic mass is 10.1. The summed E-state index contributed by atoms with van der Waals surface area (Å²) in [5.41, 5.74) is 3.73. The number of anilines is 2. The van der Waals surface area contributed by atoms with E-state index in [9.17, 15) is 0 Å². The second-order valence-electron chi connectivity index (χ2n) is 5.35. The van der Waals surface area contributed by atoms with Crippen molar-refractivity contribution < 1.29 is 0 Å². The summed E-state index contributed by atoms with van der Waals surface area (Å²) in [7, 11) is 0. The van der Waals surface area contributed by atoms with Gasteiger partial charge >= 0.3 is 0 Å². The third kappa shape index (κ3) is 4.49. The molecule has 0 spiro atoms. The van der Waals surface area contributed by atoms with Gasteiger partial charge in [0.2, 0.25) is 0 Å². The van der Waals surface area contributed by atoms with Gasteiger partial charge in [0.1, 0.15) is 0 Å². The van der Waals surface area contributed by atoms with Crippen molar-refractivity contribution in [2.24, 2.45) is 0 Å². The van der Waals surface area contributed by atoms with Gasteiger partial charge in [-0.1, -0.05) is 62.2 Å². The van der Waals surface area contributed by atoms with Crippen LogP contribution in [0.1, 0.15) is 39.5 Å². The second kappa shape index (κ2) is 8.31. The van der Waals surface area contributed by atoms with Crippen molar-refractivity contribution in [2.75, 3.05) is 4.90 Å². The molecular weight excluding hydrogens is 254 g/mol. The SMILES string of the molecule is CCCCC/C=C(\C)N(c1ccccc1)c1ccccc1. The maximum Gasteiger partial charge on any atom is 0.0458 e. The van der Waals surface area contributed by atoms with Crippen LogP contribution in [-0.2, 0) is 0 Å². The number of benzene rings is 2. The van der Waals surface area contributed by atoms with Gasteiger partial charge in [-0.3, -0.25) is 0 Å². The lowest BCUT2D eigenvalue weighted by Crippen LogP contribution is -2.14. The molecule has 2 aromatic carbocycles. The molecule has 1 nitrogen and oxygen atoms in total. The average Bonchev–Trinajstić information content (AvgIpc) is 2.54. The van der Waals surface area contributed by atoms with E-state index in [1.807, 2.05) is 0 Å². The van der Waals surface area contributed by atoms with Crippen molar-refractivity contribution in [3.8, 4) is 0 Å². The van der Waals surface area contributed by atoms with Gasteiger partial charge < -0.3 is 4.90 Å². The summed E-state index contributed by atoms with van der Waals surface area (Å²) in [6.07, 6.45) is 7.35. The normalized spacial score (nSPS) is 11.4. The Morgan fingerprint density at radius 3 is 1.86 bits per heavy atom. The molecule has 0 aromatic heterocycles. The van der Waals surface area contributed by atoms with Crippen LogP contribution in [0.25, 0.3) is 0 Å². The van der Waals surface area contributed by atoms with Gasteiger partial charge in [-0.25, -0.2) is 0 Å². The quantitative estimate of drug-likeness (QED) is 0.537. The molecule has 0 N–H and O–H groups in total. The van der Waals surface area contributed by atoms with Crippen LogP contribution in [0.4, 0.5) is 11.4 Å². The predicted octanol–water partition coefficient (Wildman–Crippen LogP) is 6.31. The molecule has 0 fully saturated rings. The van der Waals surface area contributed by atoms with Crippen LogP contribution < -0.4 is 4.90 Å². The minimum atomic E-state index is 1.15. The second-order valence-corrected chi connectivity index (χ2v) is 5.35. The van der Waals surface area contributed by atoms with E-state index in [0.29, 0.717) is 0 Å². The van der Waals surface area contributed by atoms with E-state index >= 15 is 0 Å². The van der Waals surface area contributed by atoms with Gasteiger partial charge in [-0.2, -0.15) is 0 Å². The van der Waals surface area contributed by atoms with E-state index in [1.54, 1.807) is 0 Å². The summed E-state index contributed by atoms with van der Waals surface area (Å²) in [5.74, 6) is 0. The van der Waals surface area contributed by atoms with E-state index in [2.05, 4.69) is 85.5 Å². The standard InChI is InChI=1S/C20H25N/c1-3-4-5-8-13-18(2)21(19-14-9-6-10-15-19)20-16-11-7-12-17-20/h6-7,9-17H,3-5,8H2,1-2H3/b18-13+. The summed E-state index contributed by atoms with van der Waals surface area (Å²) in [6, 6.07) is 21.1. The van der Waals surface area contributed by atoms with Crippen molar-refractivity contribution in [3.05, 3.63) is 72.4 Å². The fraction of sp³-hybridized carbons (Fsp3) is 0.300. The van der Waals surface area contributed by atoms with Crippen molar-refractivity contribution in [1.82, 2.24) is 0 Å². The Kier molecular flexibility index (Phi) is 6.08. The summed E-state index contributed by atoms with van der Waals surface area (Å²) < 4.78 is 0. The highest BCUT2D eigenvalue weighted by atomic mass is 15.1. The van der Waals surface area contributed by atoms with Crippen LogP contribution in [0.15, 0.2) is 72.4 Å². The fourth-order valence-electron chi connectivity index (χ4n) is 2.51. The predicted molar refractivity (Wildman–Crippen MR) is 92.9 cm³/mol. The molecule has 0 amide bonds. The average molecular weight is 279 g/mol. The molecule has 2 rings (SSSR count). The maximum absolute atomic E-state index is 2.36. The molecule has 0 heterocycles. The van der Waals surface area contributed by atoms with Crippen LogP contribution in [0.2, 0.25) is 0 Å². The first-order valence-electron chi connectivity index (χ1n) is 7.90. The highest BCUT2D eigenvalue weighted by molar-refractivity contribution is 5.67. The maximum atomic E-state index is 2.36. The molecule has 0 aliphatic heterocycles. The third-order valence-electron chi connectivity index (χ3n) is 3.63. The molecule has 0 aliphatic rings. The molecule has 1 heteroatoms. The molecule has 110 valence electrons. The zero-order valence-electron chi connectivity index (χ0n) is 13.1. The summed E-state index contributed by atoms with van der Waals surface area (Å²) >= 11 is 0. The minimum absolute atomic E-state index is 1.15. The molecule has 21 heavy (non-hydrogen) atoms. The third-order valence-corrected chi connectivity index (χ3v) is 3.63. The lowest BCUT2D eigenvalue weighted by molar-refractivity contribution is 0.726. The molecule has 0 saturated carbocycles. The Bertz CT molecular complexity index is 503. The summed E-state index contributed by atoms with van der Waals surface area (Å²) in [6.45, 7) is 4.45. The summed E-state index contributed by atoms with van der Waals surface area (Å²) in [4.78, 5) is 2.33. The molecule has 0 aliphatic carbocycles. The van der Waals surface area contributed by atoms with E-state index in [-0.39, 0.29) is 0 Å². The highest BCUT2D eigenvalue weighted by Gasteiger charge is 2.10. The topological polar surface area (TPSA) is 3.24 Å². The van der Waals surface area contributed by atoms with E-state index < -0.39 is 0 Å². The van der Waals surface area contributed by atoms with Gasteiger partial charge in [0.15, 0.2) is 0 Å². The zero-order chi connectivity index (χ0) is 14.9. The molecular formula is C20H25N. The first-order chi connectivity index (χ1) is 10.3. The van der Waals surface area contributed by atoms with Gasteiger partial charge in [0, 0.05) is 17.1 Å². The number of para-hydroxylation sites is 2. The Hall–Kier alpha value is -2.02. The van der Waals surface area contributed by atoms with Gasteiger partial charge in [-0.15, -0.1) is 0 Å². The molecule has 0 unspecified atom stereocenters. The monoisotopic (exact) mass is 279 g/mol. The Morgan fingerprint density at radius 1 is 0.857 bits per heavy atom. The molecule has 0 radical (unpaired) electrons. The number of nitrogens with zero attached hydrogens (tertiary/aromatic N) is 1. The van der Waals surface area contributed by atoms with Crippen LogP contribution in [0.5, 0.6) is 0 Å². The van der Waals surface area contributed by atoms with Crippen molar-refractivity contribution >= 4 is 11.4 Å². The van der Waals surface area contributed by atoms with Crippen molar-refractivity contribution in [3.63, 3.8) is 0 Å². The smallest absolute Gasteiger partial charge is 0.0458 e. The van der Waals surface area contributed by atoms with E-state index in [1.165, 1.54) is 36.3 Å². The van der Waals surface area contributed by atoms with E-state index in [4.69, 9.17) is 0 Å². The number of hydrogen-bond acceptors (Lipinski definition) is 1. The van der Waals surface area contributed by atoms with Gasteiger partial charge in [-0.05, 0) is 44.0 Å². The zero-order valence-corrected chi connectivity index (χ0v) is 13.1. The molecule has 2 aromatic rings. The molecule has 0 saturated heterocycles. The van der Waals surface area contributed by atoms with Crippen molar-refractivity contribution in [1.29, 1.82) is 0 Å². The highest BCUT2D eigenvalue weighted by Crippen LogP contribution is 2.29. The lowest BCUT2D eigenvalue weighted by Gasteiger charge is -2.26. The number of rotatable bonds is 7. The van der Waals surface area contributed by atoms with Gasteiger partial charge in [0.05, 0.1) is 0 Å². The first-order valence-corrected chi connectivity index (χ1v) is 7.90. The van der Waals surface area contributed by atoms with E-state index in [0.717, 1.165) is 6.42 Å². The van der Waals surface area contributed by atoms with Crippen LogP contribution >= 0.6 is 0 Å². The number of allylic oxidation sites excluding steroid dienone is 2. The Balaban J connectivity index is 2.24. The molecule has 0 bridgehead atoms. The fourth-order valence-corrected chi connectivity index (χ4v) is 2.51. The van der Waals surface area contributed by atoms with Crippen LogP contribution in [0, 0.1) is 0 Å². The Morgan fingerprint density at radius 2 is 1.38 bits per heavy atom. The van der Waals surface area contributed by atoms with Crippen LogP contribution in [0.3, 0.4) is 0 Å². The number of hydrogen-bond donors (Lipinski definition) is 0. The summed E-state index contributed by atoms with van der Waals surface area (Å²) in [5, 5.41) is 0. The largest absolute Gasteiger partial charge is 0.315 e. The minimum Gasteiger partial charge on any atom is -0.315 e. The first kappa shape index (κ1) is 15.4.